The first kappa shape index (κ1) is 24.9. The van der Waals surface area contributed by atoms with Gasteiger partial charge in [-0.1, -0.05) is 24.3 Å². The van der Waals surface area contributed by atoms with E-state index in [0.717, 1.165) is 30.5 Å². The number of oxazole rings is 1. The molecule has 1 N–H and O–H groups in total. The fraction of sp³-hybridized carbons (Fsp3) is 0.360. The third-order valence-electron chi connectivity index (χ3n) is 5.66. The summed E-state index contributed by atoms with van der Waals surface area (Å²) in [7, 11) is 0. The highest BCUT2D eigenvalue weighted by Crippen LogP contribution is 2.29. The van der Waals surface area contributed by atoms with Gasteiger partial charge in [-0.05, 0) is 48.2 Å². The number of hydrogen-bond donors (Lipinski definition) is 1. The van der Waals surface area contributed by atoms with Crippen LogP contribution in [0.25, 0.3) is 0 Å². The van der Waals surface area contributed by atoms with Gasteiger partial charge in [0.1, 0.15) is 12.1 Å². The quantitative estimate of drug-likeness (QED) is 0.430. The summed E-state index contributed by atoms with van der Waals surface area (Å²) in [5.74, 6) is -0.459. The maximum Gasteiger partial charge on any atom is 0.416 e. The number of aromatic nitrogens is 1. The SMILES string of the molecule is O=C(NCC1CCCO1)c1coc(CN(Cc2ccc(F)cc2)Cc2ccc(C(F)(F)F)cc2)n1. The Morgan fingerprint density at radius 3 is 2.29 bits per heavy atom. The van der Waals surface area contributed by atoms with Crippen LogP contribution in [0.5, 0.6) is 0 Å². The van der Waals surface area contributed by atoms with Crippen molar-refractivity contribution in [2.24, 2.45) is 0 Å². The monoisotopic (exact) mass is 491 g/mol. The van der Waals surface area contributed by atoms with Crippen LogP contribution in [0.3, 0.4) is 0 Å². The van der Waals surface area contributed by atoms with Gasteiger partial charge < -0.3 is 14.5 Å². The molecule has 4 rings (SSSR count). The van der Waals surface area contributed by atoms with Gasteiger partial charge in [-0.3, -0.25) is 9.69 Å². The standard InChI is InChI=1S/C25H25F4N3O3/c26-20-9-5-18(6-10-20)14-32(13-17-3-7-19(8-4-17)25(27,28)29)15-23-31-22(16-35-23)24(33)30-12-21-2-1-11-34-21/h3-10,16,21H,1-2,11-15H2,(H,30,33). The molecule has 1 aliphatic rings. The molecule has 0 saturated carbocycles. The lowest BCUT2D eigenvalue weighted by Crippen LogP contribution is -2.32. The van der Waals surface area contributed by atoms with Gasteiger partial charge in [-0.25, -0.2) is 9.37 Å². The summed E-state index contributed by atoms with van der Waals surface area (Å²) < 4.78 is 63.0. The number of carbonyl (C=O) groups is 1. The molecule has 0 radical (unpaired) electrons. The largest absolute Gasteiger partial charge is 0.447 e. The molecule has 1 unspecified atom stereocenters. The summed E-state index contributed by atoms with van der Waals surface area (Å²) in [4.78, 5) is 18.6. The van der Waals surface area contributed by atoms with Crippen molar-refractivity contribution in [3.63, 3.8) is 0 Å². The smallest absolute Gasteiger partial charge is 0.416 e. The molecule has 10 heteroatoms. The van der Waals surface area contributed by atoms with Gasteiger partial charge in [0.15, 0.2) is 5.69 Å². The topological polar surface area (TPSA) is 67.6 Å². The van der Waals surface area contributed by atoms with E-state index in [-0.39, 0.29) is 36.0 Å². The van der Waals surface area contributed by atoms with Crippen LogP contribution in [-0.2, 0) is 30.5 Å². The summed E-state index contributed by atoms with van der Waals surface area (Å²) in [6.45, 7) is 1.93. The first-order valence-corrected chi connectivity index (χ1v) is 11.2. The van der Waals surface area contributed by atoms with Crippen molar-refractivity contribution >= 4 is 5.91 Å². The number of amides is 1. The van der Waals surface area contributed by atoms with E-state index < -0.39 is 11.7 Å². The molecule has 0 bridgehead atoms. The van der Waals surface area contributed by atoms with Crippen molar-refractivity contribution in [3.05, 3.63) is 88.9 Å². The van der Waals surface area contributed by atoms with Crippen molar-refractivity contribution in [1.82, 2.24) is 15.2 Å². The Hall–Kier alpha value is -3.24. The molecule has 3 aromatic rings. The molecule has 1 aromatic heterocycles. The van der Waals surface area contributed by atoms with Crippen molar-refractivity contribution in [2.45, 2.75) is 44.8 Å². The van der Waals surface area contributed by atoms with E-state index in [1.165, 1.54) is 30.5 Å². The normalized spacial score (nSPS) is 16.1. The van der Waals surface area contributed by atoms with Gasteiger partial charge in [0.2, 0.25) is 5.89 Å². The highest BCUT2D eigenvalue weighted by molar-refractivity contribution is 5.91. The fourth-order valence-electron chi connectivity index (χ4n) is 3.85. The molecule has 6 nitrogen and oxygen atoms in total. The van der Waals surface area contributed by atoms with E-state index in [1.807, 2.05) is 4.90 Å². The molecule has 2 heterocycles. The van der Waals surface area contributed by atoms with Crippen LogP contribution in [0.2, 0.25) is 0 Å². The lowest BCUT2D eigenvalue weighted by Gasteiger charge is -2.21. The van der Waals surface area contributed by atoms with Crippen LogP contribution in [0, 0.1) is 5.82 Å². The van der Waals surface area contributed by atoms with Crippen molar-refractivity contribution < 1.29 is 31.5 Å². The van der Waals surface area contributed by atoms with Gasteiger partial charge in [-0.15, -0.1) is 0 Å². The highest BCUT2D eigenvalue weighted by atomic mass is 19.4. The maximum atomic E-state index is 13.3. The number of benzene rings is 2. The Morgan fingerprint density at radius 2 is 1.69 bits per heavy atom. The number of rotatable bonds is 9. The summed E-state index contributed by atoms with van der Waals surface area (Å²) in [5.41, 5.74) is 0.868. The lowest BCUT2D eigenvalue weighted by atomic mass is 10.1. The molecule has 1 amide bonds. The minimum absolute atomic E-state index is 0.000237. The van der Waals surface area contributed by atoms with E-state index in [4.69, 9.17) is 9.15 Å². The number of nitrogens with zero attached hydrogens (tertiary/aromatic N) is 2. The average Bonchev–Trinajstić information content (AvgIpc) is 3.51. The Labute approximate surface area is 199 Å². The summed E-state index contributed by atoms with van der Waals surface area (Å²) in [5, 5.41) is 2.78. The van der Waals surface area contributed by atoms with Crippen LogP contribution >= 0.6 is 0 Å². The predicted octanol–water partition coefficient (Wildman–Crippen LogP) is 4.94. The fourth-order valence-corrected chi connectivity index (χ4v) is 3.85. The number of nitrogens with one attached hydrogen (secondary N) is 1. The number of alkyl halides is 3. The molecular formula is C25H25F4N3O3. The Kier molecular flexibility index (Phi) is 7.82. The number of halogens is 4. The molecule has 1 atom stereocenters. The minimum Gasteiger partial charge on any atom is -0.447 e. The van der Waals surface area contributed by atoms with Crippen LogP contribution in [0.1, 0.15) is 45.9 Å². The molecule has 0 spiro atoms. The van der Waals surface area contributed by atoms with E-state index >= 15 is 0 Å². The van der Waals surface area contributed by atoms with Crippen LogP contribution in [0.4, 0.5) is 17.6 Å². The summed E-state index contributed by atoms with van der Waals surface area (Å²) in [6.07, 6.45) is -1.27. The second-order valence-electron chi connectivity index (χ2n) is 8.44. The molecule has 1 saturated heterocycles. The second kappa shape index (κ2) is 11.0. The Morgan fingerprint density at radius 1 is 1.03 bits per heavy atom. The van der Waals surface area contributed by atoms with Gasteiger partial charge in [0.05, 0.1) is 18.2 Å². The zero-order valence-electron chi connectivity index (χ0n) is 18.9. The van der Waals surface area contributed by atoms with E-state index in [2.05, 4.69) is 10.3 Å². The molecule has 1 fully saturated rings. The van der Waals surface area contributed by atoms with Crippen molar-refractivity contribution in [1.29, 1.82) is 0 Å². The average molecular weight is 491 g/mol. The summed E-state index contributed by atoms with van der Waals surface area (Å²) >= 11 is 0. The van der Waals surface area contributed by atoms with Gasteiger partial charge >= 0.3 is 6.18 Å². The first-order chi connectivity index (χ1) is 16.8. The summed E-state index contributed by atoms with van der Waals surface area (Å²) in [6, 6.07) is 10.9. The molecule has 2 aromatic carbocycles. The van der Waals surface area contributed by atoms with Crippen molar-refractivity contribution in [2.75, 3.05) is 13.2 Å². The Bertz CT molecular complexity index is 1110. The van der Waals surface area contributed by atoms with E-state index in [0.29, 0.717) is 31.8 Å². The lowest BCUT2D eigenvalue weighted by molar-refractivity contribution is -0.137. The van der Waals surface area contributed by atoms with E-state index in [1.54, 1.807) is 12.1 Å². The van der Waals surface area contributed by atoms with Gasteiger partial charge in [-0.2, -0.15) is 13.2 Å². The predicted molar refractivity (Wildman–Crippen MR) is 119 cm³/mol. The molecule has 35 heavy (non-hydrogen) atoms. The molecular weight excluding hydrogens is 466 g/mol. The van der Waals surface area contributed by atoms with Crippen LogP contribution < -0.4 is 5.32 Å². The van der Waals surface area contributed by atoms with Crippen LogP contribution in [-0.4, -0.2) is 35.0 Å². The minimum atomic E-state index is -4.41. The number of carbonyl (C=O) groups excluding carboxylic acids is 1. The third-order valence-corrected chi connectivity index (χ3v) is 5.66. The second-order valence-corrected chi connectivity index (χ2v) is 8.44. The van der Waals surface area contributed by atoms with Gasteiger partial charge in [0.25, 0.3) is 5.91 Å². The Balaban J connectivity index is 1.44. The van der Waals surface area contributed by atoms with Crippen molar-refractivity contribution in [3.8, 4) is 0 Å². The zero-order valence-corrected chi connectivity index (χ0v) is 18.9. The third kappa shape index (κ3) is 7.12. The highest BCUT2D eigenvalue weighted by Gasteiger charge is 2.30. The first-order valence-electron chi connectivity index (χ1n) is 11.2. The van der Waals surface area contributed by atoms with Crippen LogP contribution in [0.15, 0.2) is 59.2 Å². The number of ether oxygens (including phenoxy) is 1. The molecule has 1 aliphatic heterocycles. The number of hydrogen-bond acceptors (Lipinski definition) is 5. The zero-order chi connectivity index (χ0) is 24.8. The molecule has 186 valence electrons. The van der Waals surface area contributed by atoms with E-state index in [9.17, 15) is 22.4 Å². The van der Waals surface area contributed by atoms with Gasteiger partial charge in [0, 0.05) is 26.2 Å². The maximum absolute atomic E-state index is 13.3. The molecule has 0 aliphatic carbocycles.